The molecule has 0 spiro atoms. The second-order valence-corrected chi connectivity index (χ2v) is 8.91. The van der Waals surface area contributed by atoms with Crippen molar-refractivity contribution in [2.75, 3.05) is 10.6 Å². The van der Waals surface area contributed by atoms with Crippen molar-refractivity contribution < 1.29 is 18.3 Å². The van der Waals surface area contributed by atoms with E-state index in [4.69, 9.17) is 0 Å². The number of hydrogen-bond donors (Lipinski definition) is 3. The molecule has 0 bridgehead atoms. The molecule has 0 atom stereocenters. The number of fused-ring (bicyclic) bond motifs is 1. The van der Waals surface area contributed by atoms with Crippen molar-refractivity contribution in [3.05, 3.63) is 35.8 Å². The van der Waals surface area contributed by atoms with Crippen LogP contribution in [0.3, 0.4) is 0 Å². The molecular weight excluding hydrogens is 409 g/mol. The summed E-state index contributed by atoms with van der Waals surface area (Å²) in [6.07, 6.45) is 3.68. The number of aliphatic hydroxyl groups is 1. The topological polar surface area (TPSA) is 87.9 Å². The Hall–Kier alpha value is -2.88. The smallest absolute Gasteiger partial charge is 0.225 e. The van der Waals surface area contributed by atoms with Gasteiger partial charge in [-0.3, -0.25) is 4.57 Å². The standard InChI is InChI=1S/C21H25F3N6O/c1-21(2,3)29-19-25-10-16-18(28-19)30(12-4-6-13(31)7-5-12)20(26-16)27-17-14(23)8-11(22)9-15(17)24/h8-10,12-13,31H,4-7H2,1-3H3,(H,26,27)(H,25,28,29). The van der Waals surface area contributed by atoms with Gasteiger partial charge in [0.15, 0.2) is 17.3 Å². The molecule has 7 nitrogen and oxygen atoms in total. The Morgan fingerprint density at radius 3 is 2.29 bits per heavy atom. The van der Waals surface area contributed by atoms with Crippen molar-refractivity contribution in [2.45, 2.75) is 64.1 Å². The monoisotopic (exact) mass is 434 g/mol. The van der Waals surface area contributed by atoms with Crippen LogP contribution >= 0.6 is 0 Å². The highest BCUT2D eigenvalue weighted by Crippen LogP contribution is 2.35. The zero-order valence-corrected chi connectivity index (χ0v) is 17.6. The van der Waals surface area contributed by atoms with Crippen LogP contribution in [0.1, 0.15) is 52.5 Å². The van der Waals surface area contributed by atoms with E-state index >= 15 is 0 Å². The van der Waals surface area contributed by atoms with E-state index in [0.29, 0.717) is 54.9 Å². The second kappa shape index (κ2) is 7.99. The molecule has 0 amide bonds. The van der Waals surface area contributed by atoms with Crippen LogP contribution in [-0.4, -0.2) is 36.3 Å². The molecule has 2 aromatic heterocycles. The lowest BCUT2D eigenvalue weighted by molar-refractivity contribution is 0.112. The van der Waals surface area contributed by atoms with Gasteiger partial charge in [-0.1, -0.05) is 0 Å². The number of nitrogens with one attached hydrogen (secondary N) is 2. The van der Waals surface area contributed by atoms with Crippen molar-refractivity contribution >= 4 is 28.7 Å². The van der Waals surface area contributed by atoms with E-state index < -0.39 is 23.1 Å². The summed E-state index contributed by atoms with van der Waals surface area (Å²) in [5.41, 5.74) is 0.203. The van der Waals surface area contributed by atoms with Crippen LogP contribution in [-0.2, 0) is 0 Å². The van der Waals surface area contributed by atoms with Crippen LogP contribution < -0.4 is 10.6 Å². The van der Waals surface area contributed by atoms with Crippen LogP contribution in [0.25, 0.3) is 11.2 Å². The van der Waals surface area contributed by atoms with Crippen LogP contribution in [0, 0.1) is 17.5 Å². The predicted molar refractivity (Wildman–Crippen MR) is 112 cm³/mol. The van der Waals surface area contributed by atoms with Gasteiger partial charge in [0.2, 0.25) is 11.9 Å². The molecule has 3 aromatic rings. The molecule has 1 saturated carbocycles. The maximum Gasteiger partial charge on any atom is 0.225 e. The Kier molecular flexibility index (Phi) is 5.50. The van der Waals surface area contributed by atoms with Crippen LogP contribution in [0.2, 0.25) is 0 Å². The van der Waals surface area contributed by atoms with Gasteiger partial charge in [0.05, 0.1) is 12.3 Å². The minimum Gasteiger partial charge on any atom is -0.393 e. The SMILES string of the molecule is CC(C)(C)Nc1ncc2nc(Nc3c(F)cc(F)cc3F)n(C3CCC(O)CC3)c2n1. The van der Waals surface area contributed by atoms with Gasteiger partial charge < -0.3 is 15.7 Å². The Bertz CT molecular complexity index is 1080. The van der Waals surface area contributed by atoms with E-state index in [1.807, 2.05) is 20.8 Å². The van der Waals surface area contributed by atoms with E-state index in [9.17, 15) is 18.3 Å². The average Bonchev–Trinajstić information content (AvgIpc) is 3.01. The normalized spacial score (nSPS) is 19.6. The molecule has 3 N–H and O–H groups in total. The number of imidazole rings is 1. The van der Waals surface area contributed by atoms with Crippen LogP contribution in [0.15, 0.2) is 18.3 Å². The van der Waals surface area contributed by atoms with Gasteiger partial charge >= 0.3 is 0 Å². The quantitative estimate of drug-likeness (QED) is 0.553. The first-order chi connectivity index (χ1) is 14.6. The number of halogens is 3. The zero-order valence-electron chi connectivity index (χ0n) is 17.6. The number of aliphatic hydroxyl groups excluding tert-OH is 1. The molecule has 1 aliphatic carbocycles. The summed E-state index contributed by atoms with van der Waals surface area (Å²) < 4.78 is 43.7. The lowest BCUT2D eigenvalue weighted by atomic mass is 9.93. The first-order valence-electron chi connectivity index (χ1n) is 10.2. The van der Waals surface area contributed by atoms with Gasteiger partial charge in [0.25, 0.3) is 0 Å². The highest BCUT2D eigenvalue weighted by Gasteiger charge is 2.27. The van der Waals surface area contributed by atoms with Crippen molar-refractivity contribution in [2.24, 2.45) is 0 Å². The molecule has 0 radical (unpaired) electrons. The molecule has 1 aliphatic rings. The zero-order chi connectivity index (χ0) is 22.3. The Labute approximate surface area is 177 Å². The van der Waals surface area contributed by atoms with Crippen molar-refractivity contribution in [3.8, 4) is 0 Å². The van der Waals surface area contributed by atoms with Crippen LogP contribution in [0.5, 0.6) is 0 Å². The molecule has 1 fully saturated rings. The number of anilines is 3. The molecule has 0 aliphatic heterocycles. The summed E-state index contributed by atoms with van der Waals surface area (Å²) in [4.78, 5) is 13.4. The van der Waals surface area contributed by atoms with E-state index in [1.54, 1.807) is 10.8 Å². The molecule has 166 valence electrons. The molecule has 0 saturated heterocycles. The lowest BCUT2D eigenvalue weighted by Gasteiger charge is -2.28. The summed E-state index contributed by atoms with van der Waals surface area (Å²) in [5, 5.41) is 15.8. The first kappa shape index (κ1) is 21.4. The third-order valence-electron chi connectivity index (χ3n) is 5.19. The molecule has 31 heavy (non-hydrogen) atoms. The van der Waals surface area contributed by atoms with Crippen molar-refractivity contribution in [1.29, 1.82) is 0 Å². The highest BCUT2D eigenvalue weighted by molar-refractivity contribution is 5.76. The summed E-state index contributed by atoms with van der Waals surface area (Å²) in [5.74, 6) is -2.53. The molecule has 4 rings (SSSR count). The number of rotatable bonds is 4. The van der Waals surface area contributed by atoms with Gasteiger partial charge in [-0.05, 0) is 46.5 Å². The Balaban J connectivity index is 1.81. The molecule has 2 heterocycles. The molecule has 10 heteroatoms. The van der Waals surface area contributed by atoms with E-state index in [0.717, 1.165) is 0 Å². The lowest BCUT2D eigenvalue weighted by Crippen LogP contribution is -2.27. The minimum absolute atomic E-state index is 0.0835. The highest BCUT2D eigenvalue weighted by atomic mass is 19.1. The minimum atomic E-state index is -1.06. The van der Waals surface area contributed by atoms with Gasteiger partial charge in [0, 0.05) is 23.7 Å². The maximum atomic E-state index is 14.3. The predicted octanol–water partition coefficient (Wildman–Crippen LogP) is 4.67. The first-order valence-corrected chi connectivity index (χ1v) is 10.2. The third kappa shape index (κ3) is 4.58. The fraction of sp³-hybridized carbons (Fsp3) is 0.476. The summed E-state index contributed by atoms with van der Waals surface area (Å²) in [7, 11) is 0. The fourth-order valence-electron chi connectivity index (χ4n) is 3.81. The van der Waals surface area contributed by atoms with Gasteiger partial charge in [-0.15, -0.1) is 0 Å². The molecular formula is C21H25F3N6O. The van der Waals surface area contributed by atoms with Crippen molar-refractivity contribution in [3.63, 3.8) is 0 Å². The van der Waals surface area contributed by atoms with Crippen molar-refractivity contribution in [1.82, 2.24) is 19.5 Å². The van der Waals surface area contributed by atoms with E-state index in [2.05, 4.69) is 25.6 Å². The van der Waals surface area contributed by atoms with Gasteiger partial charge in [-0.25, -0.2) is 23.1 Å². The number of aromatic nitrogens is 4. The van der Waals surface area contributed by atoms with E-state index in [-0.39, 0.29) is 23.6 Å². The Morgan fingerprint density at radius 1 is 1.03 bits per heavy atom. The summed E-state index contributed by atoms with van der Waals surface area (Å²) in [6.45, 7) is 5.94. The fourth-order valence-corrected chi connectivity index (χ4v) is 3.81. The third-order valence-corrected chi connectivity index (χ3v) is 5.19. The number of hydrogen-bond acceptors (Lipinski definition) is 6. The van der Waals surface area contributed by atoms with Gasteiger partial charge in [0.1, 0.15) is 17.0 Å². The summed E-state index contributed by atoms with van der Waals surface area (Å²) in [6, 6.07) is 1.14. The van der Waals surface area contributed by atoms with E-state index in [1.165, 1.54) is 0 Å². The van der Waals surface area contributed by atoms with Gasteiger partial charge in [-0.2, -0.15) is 4.98 Å². The Morgan fingerprint density at radius 2 is 1.68 bits per heavy atom. The maximum absolute atomic E-state index is 14.3. The molecule has 0 unspecified atom stereocenters. The number of benzene rings is 1. The summed E-state index contributed by atoms with van der Waals surface area (Å²) >= 11 is 0. The largest absolute Gasteiger partial charge is 0.393 e. The average molecular weight is 434 g/mol. The molecule has 1 aromatic carbocycles. The second-order valence-electron chi connectivity index (χ2n) is 8.91. The van der Waals surface area contributed by atoms with Crippen LogP contribution in [0.4, 0.5) is 30.8 Å². The number of nitrogens with zero attached hydrogens (tertiary/aromatic N) is 4.